The van der Waals surface area contributed by atoms with Crippen LogP contribution in [-0.4, -0.2) is 31.2 Å². The van der Waals surface area contributed by atoms with Crippen LogP contribution in [0, 0.1) is 5.82 Å². The summed E-state index contributed by atoms with van der Waals surface area (Å²) in [6.45, 7) is 2.11. The Bertz CT molecular complexity index is 526. The van der Waals surface area contributed by atoms with E-state index in [4.69, 9.17) is 9.47 Å². The summed E-state index contributed by atoms with van der Waals surface area (Å²) in [6.07, 6.45) is 2.76. The molecule has 0 saturated carbocycles. The van der Waals surface area contributed by atoms with Crippen LogP contribution >= 0.6 is 0 Å². The first-order valence-corrected chi connectivity index (χ1v) is 6.92. The average molecular weight is 295 g/mol. The summed E-state index contributed by atoms with van der Waals surface area (Å²) in [4.78, 5) is 22.9. The van der Waals surface area contributed by atoms with Crippen molar-refractivity contribution >= 4 is 17.6 Å². The van der Waals surface area contributed by atoms with Crippen LogP contribution in [-0.2, 0) is 14.3 Å². The molecule has 1 unspecified atom stereocenters. The van der Waals surface area contributed by atoms with E-state index < -0.39 is 11.8 Å². The molecule has 1 amide bonds. The van der Waals surface area contributed by atoms with Gasteiger partial charge in [0, 0.05) is 19.2 Å². The largest absolute Gasteiger partial charge is 0.459 e. The third-order valence-corrected chi connectivity index (χ3v) is 3.18. The molecule has 0 aromatic heterocycles. The van der Waals surface area contributed by atoms with Crippen LogP contribution in [0.3, 0.4) is 0 Å². The van der Waals surface area contributed by atoms with Crippen molar-refractivity contribution in [2.45, 2.75) is 32.3 Å². The highest BCUT2D eigenvalue weighted by Gasteiger charge is 2.19. The average Bonchev–Trinajstić information content (AvgIpc) is 2.47. The van der Waals surface area contributed by atoms with Crippen molar-refractivity contribution < 1.29 is 23.5 Å². The first kappa shape index (κ1) is 15.4. The maximum atomic E-state index is 13.7. The third-order valence-electron chi connectivity index (χ3n) is 3.18. The number of anilines is 1. The Hall–Kier alpha value is -1.95. The fourth-order valence-electron chi connectivity index (χ4n) is 2.15. The molecule has 5 nitrogen and oxygen atoms in total. The topological polar surface area (TPSA) is 64.6 Å². The smallest absolute Gasteiger partial charge is 0.341 e. The van der Waals surface area contributed by atoms with Gasteiger partial charge in [0.15, 0.2) is 0 Å². The highest BCUT2D eigenvalue weighted by molar-refractivity contribution is 5.93. The lowest BCUT2D eigenvalue weighted by Crippen LogP contribution is -2.26. The molecular formula is C15H18FNO4. The van der Waals surface area contributed by atoms with E-state index >= 15 is 0 Å². The number of esters is 1. The van der Waals surface area contributed by atoms with E-state index in [1.165, 1.54) is 19.1 Å². The fraction of sp³-hybridized carbons (Fsp3) is 0.467. The molecule has 114 valence electrons. The van der Waals surface area contributed by atoms with E-state index in [9.17, 15) is 14.0 Å². The minimum absolute atomic E-state index is 0.114. The molecule has 1 aromatic carbocycles. The second-order valence-electron chi connectivity index (χ2n) is 4.96. The summed E-state index contributed by atoms with van der Waals surface area (Å²) in [6, 6.07) is 3.78. The normalized spacial score (nSPS) is 18.1. The molecule has 0 radical (unpaired) electrons. The van der Waals surface area contributed by atoms with Crippen LogP contribution in [0.5, 0.6) is 0 Å². The first-order valence-electron chi connectivity index (χ1n) is 6.92. The second kappa shape index (κ2) is 7.17. The SMILES string of the molecule is CC(=O)Nc1ccc(F)c(C(=O)OCC2CCCCO2)c1. The van der Waals surface area contributed by atoms with Gasteiger partial charge in [-0.15, -0.1) is 0 Å². The fourth-order valence-corrected chi connectivity index (χ4v) is 2.15. The van der Waals surface area contributed by atoms with Crippen molar-refractivity contribution in [3.8, 4) is 0 Å². The zero-order chi connectivity index (χ0) is 15.2. The van der Waals surface area contributed by atoms with Gasteiger partial charge in [0.25, 0.3) is 0 Å². The third kappa shape index (κ3) is 4.53. The highest BCUT2D eigenvalue weighted by atomic mass is 19.1. The first-order chi connectivity index (χ1) is 10.1. The Balaban J connectivity index is 1.98. The van der Waals surface area contributed by atoms with Gasteiger partial charge in [-0.05, 0) is 37.5 Å². The number of hydrogen-bond acceptors (Lipinski definition) is 4. The summed E-state index contributed by atoms with van der Waals surface area (Å²) in [5.74, 6) is -1.73. The van der Waals surface area contributed by atoms with Crippen molar-refractivity contribution in [3.05, 3.63) is 29.6 Å². The molecule has 1 saturated heterocycles. The van der Waals surface area contributed by atoms with Crippen molar-refractivity contribution in [3.63, 3.8) is 0 Å². The molecule has 0 bridgehead atoms. The molecule has 1 N–H and O–H groups in total. The van der Waals surface area contributed by atoms with Crippen molar-refractivity contribution in [2.24, 2.45) is 0 Å². The number of carbonyl (C=O) groups excluding carboxylic acids is 2. The molecule has 0 spiro atoms. The van der Waals surface area contributed by atoms with E-state index in [2.05, 4.69) is 5.32 Å². The molecule has 1 aliphatic heterocycles. The van der Waals surface area contributed by atoms with E-state index in [0.29, 0.717) is 12.3 Å². The van der Waals surface area contributed by atoms with Crippen LogP contribution in [0.1, 0.15) is 36.5 Å². The monoisotopic (exact) mass is 295 g/mol. The minimum Gasteiger partial charge on any atom is -0.459 e. The molecule has 1 heterocycles. The summed E-state index contributed by atoms with van der Waals surface area (Å²) in [7, 11) is 0. The summed E-state index contributed by atoms with van der Waals surface area (Å²) < 4.78 is 24.2. The van der Waals surface area contributed by atoms with Crippen LogP contribution in [0.2, 0.25) is 0 Å². The molecule has 1 atom stereocenters. The number of ether oxygens (including phenoxy) is 2. The maximum Gasteiger partial charge on any atom is 0.341 e. The number of amides is 1. The van der Waals surface area contributed by atoms with E-state index in [1.807, 2.05) is 0 Å². The van der Waals surface area contributed by atoms with Crippen LogP contribution in [0.15, 0.2) is 18.2 Å². The number of carbonyl (C=O) groups is 2. The van der Waals surface area contributed by atoms with Gasteiger partial charge in [-0.2, -0.15) is 0 Å². The predicted octanol–water partition coefficient (Wildman–Crippen LogP) is 2.51. The maximum absolute atomic E-state index is 13.7. The van der Waals surface area contributed by atoms with Crippen LogP contribution in [0.25, 0.3) is 0 Å². The molecule has 2 rings (SSSR count). The lowest BCUT2D eigenvalue weighted by Gasteiger charge is -2.22. The molecule has 21 heavy (non-hydrogen) atoms. The second-order valence-corrected chi connectivity index (χ2v) is 4.96. The molecule has 1 aromatic rings. The van der Waals surface area contributed by atoms with Crippen molar-refractivity contribution in [2.75, 3.05) is 18.5 Å². The van der Waals surface area contributed by atoms with E-state index in [0.717, 1.165) is 25.3 Å². The minimum atomic E-state index is -0.756. The zero-order valence-corrected chi connectivity index (χ0v) is 11.9. The van der Waals surface area contributed by atoms with Gasteiger partial charge in [-0.25, -0.2) is 9.18 Å². The standard InChI is InChI=1S/C15H18FNO4/c1-10(18)17-11-5-6-14(16)13(8-11)15(19)21-9-12-4-2-3-7-20-12/h5-6,8,12H,2-4,7,9H2,1H3,(H,17,18). The van der Waals surface area contributed by atoms with Crippen LogP contribution < -0.4 is 5.32 Å². The van der Waals surface area contributed by atoms with Crippen molar-refractivity contribution in [1.82, 2.24) is 0 Å². The Labute approximate surface area is 122 Å². The summed E-state index contributed by atoms with van der Waals surface area (Å²) in [5.41, 5.74) is 0.154. The quantitative estimate of drug-likeness (QED) is 0.867. The number of rotatable bonds is 4. The molecule has 1 aliphatic rings. The Morgan fingerprint density at radius 3 is 2.90 bits per heavy atom. The zero-order valence-electron chi connectivity index (χ0n) is 11.9. The lowest BCUT2D eigenvalue weighted by atomic mass is 10.1. The Kier molecular flexibility index (Phi) is 5.27. The van der Waals surface area contributed by atoms with Gasteiger partial charge >= 0.3 is 5.97 Å². The number of nitrogens with one attached hydrogen (secondary N) is 1. The van der Waals surface area contributed by atoms with Gasteiger partial charge in [0.1, 0.15) is 12.4 Å². The van der Waals surface area contributed by atoms with Crippen LogP contribution in [0.4, 0.5) is 10.1 Å². The molecular weight excluding hydrogens is 277 g/mol. The summed E-state index contributed by atoms with van der Waals surface area (Å²) >= 11 is 0. The van der Waals surface area contributed by atoms with Gasteiger partial charge in [0.05, 0.1) is 11.7 Å². The van der Waals surface area contributed by atoms with Gasteiger partial charge in [-0.1, -0.05) is 0 Å². The Morgan fingerprint density at radius 1 is 1.43 bits per heavy atom. The summed E-state index contributed by atoms with van der Waals surface area (Å²) in [5, 5.41) is 2.49. The van der Waals surface area contributed by atoms with E-state index in [-0.39, 0.29) is 24.2 Å². The van der Waals surface area contributed by atoms with E-state index in [1.54, 1.807) is 0 Å². The lowest BCUT2D eigenvalue weighted by molar-refractivity contribution is -0.114. The number of hydrogen-bond donors (Lipinski definition) is 1. The van der Waals surface area contributed by atoms with Gasteiger partial charge < -0.3 is 14.8 Å². The number of benzene rings is 1. The Morgan fingerprint density at radius 2 is 2.24 bits per heavy atom. The van der Waals surface area contributed by atoms with Gasteiger partial charge in [-0.3, -0.25) is 4.79 Å². The number of halogens is 1. The molecule has 1 fully saturated rings. The molecule has 6 heteroatoms. The molecule has 0 aliphatic carbocycles. The highest BCUT2D eigenvalue weighted by Crippen LogP contribution is 2.17. The van der Waals surface area contributed by atoms with Crippen molar-refractivity contribution in [1.29, 1.82) is 0 Å². The predicted molar refractivity (Wildman–Crippen MR) is 74.6 cm³/mol. The van der Waals surface area contributed by atoms with Gasteiger partial charge in [0.2, 0.25) is 5.91 Å².